The molecule has 2 amide bonds. The molecule has 33 heavy (non-hydrogen) atoms. The molecular formula is C26H35N3O4. The van der Waals surface area contributed by atoms with E-state index < -0.39 is 0 Å². The van der Waals surface area contributed by atoms with Crippen molar-refractivity contribution in [2.75, 3.05) is 43.5 Å². The maximum absolute atomic E-state index is 12.7. The van der Waals surface area contributed by atoms with Crippen LogP contribution in [0.1, 0.15) is 49.9 Å². The average Bonchev–Trinajstić information content (AvgIpc) is 3.36. The van der Waals surface area contributed by atoms with Crippen molar-refractivity contribution in [2.45, 2.75) is 45.6 Å². The van der Waals surface area contributed by atoms with Crippen LogP contribution in [0, 0.1) is 0 Å². The molecule has 2 aromatic carbocycles. The largest absolute Gasteiger partial charge is 0.489 e. The van der Waals surface area contributed by atoms with Gasteiger partial charge >= 0.3 is 0 Å². The number of nitrogens with zero attached hydrogens (tertiary/aromatic N) is 1. The van der Waals surface area contributed by atoms with Gasteiger partial charge in [-0.15, -0.1) is 0 Å². The van der Waals surface area contributed by atoms with Gasteiger partial charge in [-0.1, -0.05) is 26.0 Å². The SMILES string of the molecule is CCCN(CCC)C(=O)c1ccc(NCC(=O)Nc2ccccc2OCC2CCCO2)cc1. The van der Waals surface area contributed by atoms with Crippen LogP contribution in [-0.4, -0.2) is 55.7 Å². The predicted molar refractivity (Wildman–Crippen MR) is 131 cm³/mol. The summed E-state index contributed by atoms with van der Waals surface area (Å²) in [6, 6.07) is 14.7. The lowest BCUT2D eigenvalue weighted by Gasteiger charge is -2.21. The summed E-state index contributed by atoms with van der Waals surface area (Å²) in [5, 5.41) is 6.01. The van der Waals surface area contributed by atoms with E-state index in [0.717, 1.165) is 51.1 Å². The van der Waals surface area contributed by atoms with Crippen LogP contribution < -0.4 is 15.4 Å². The fourth-order valence-corrected chi connectivity index (χ4v) is 3.80. The van der Waals surface area contributed by atoms with E-state index in [1.54, 1.807) is 12.1 Å². The second kappa shape index (κ2) is 12.8. The molecule has 2 N–H and O–H groups in total. The van der Waals surface area contributed by atoms with E-state index in [1.807, 2.05) is 41.3 Å². The molecule has 0 spiro atoms. The molecule has 1 aliphatic heterocycles. The van der Waals surface area contributed by atoms with Crippen LogP contribution in [0.15, 0.2) is 48.5 Å². The quantitative estimate of drug-likeness (QED) is 0.493. The van der Waals surface area contributed by atoms with Crippen LogP contribution in [0.25, 0.3) is 0 Å². The number of amides is 2. The number of carbonyl (C=O) groups is 2. The second-order valence-corrected chi connectivity index (χ2v) is 8.21. The molecule has 2 aromatic rings. The first-order valence-electron chi connectivity index (χ1n) is 11.9. The van der Waals surface area contributed by atoms with Crippen molar-refractivity contribution in [3.63, 3.8) is 0 Å². The molecule has 0 saturated carbocycles. The molecule has 1 saturated heterocycles. The zero-order valence-corrected chi connectivity index (χ0v) is 19.6. The zero-order valence-electron chi connectivity index (χ0n) is 19.6. The molecular weight excluding hydrogens is 418 g/mol. The zero-order chi connectivity index (χ0) is 23.5. The minimum atomic E-state index is -0.180. The Morgan fingerprint density at radius 3 is 2.45 bits per heavy atom. The summed E-state index contributed by atoms with van der Waals surface area (Å²) in [5.74, 6) is 0.496. The number of para-hydroxylation sites is 2. The van der Waals surface area contributed by atoms with Crippen molar-refractivity contribution in [2.24, 2.45) is 0 Å². The first-order chi connectivity index (χ1) is 16.1. The number of rotatable bonds is 12. The minimum Gasteiger partial charge on any atom is -0.489 e. The normalized spacial score (nSPS) is 15.2. The topological polar surface area (TPSA) is 79.9 Å². The van der Waals surface area contributed by atoms with Crippen molar-refractivity contribution in [1.82, 2.24) is 4.90 Å². The van der Waals surface area contributed by atoms with E-state index in [0.29, 0.717) is 23.6 Å². The van der Waals surface area contributed by atoms with Crippen LogP contribution >= 0.6 is 0 Å². The van der Waals surface area contributed by atoms with Crippen molar-refractivity contribution in [3.8, 4) is 5.75 Å². The molecule has 0 bridgehead atoms. The van der Waals surface area contributed by atoms with Crippen LogP contribution in [0.5, 0.6) is 5.75 Å². The number of hydrogen-bond acceptors (Lipinski definition) is 5. The van der Waals surface area contributed by atoms with Gasteiger partial charge in [-0.3, -0.25) is 9.59 Å². The summed E-state index contributed by atoms with van der Waals surface area (Å²) in [5.41, 5.74) is 2.07. The van der Waals surface area contributed by atoms with Gasteiger partial charge in [0.05, 0.1) is 18.3 Å². The average molecular weight is 454 g/mol. The highest BCUT2D eigenvalue weighted by Crippen LogP contribution is 2.25. The first-order valence-corrected chi connectivity index (χ1v) is 11.9. The fraction of sp³-hybridized carbons (Fsp3) is 0.462. The van der Waals surface area contributed by atoms with Gasteiger partial charge < -0.3 is 25.0 Å². The first kappa shape index (κ1) is 24.6. The fourth-order valence-electron chi connectivity index (χ4n) is 3.80. The van der Waals surface area contributed by atoms with Gasteiger partial charge in [-0.25, -0.2) is 0 Å². The lowest BCUT2D eigenvalue weighted by atomic mass is 10.1. The van der Waals surface area contributed by atoms with Crippen LogP contribution in [0.3, 0.4) is 0 Å². The number of anilines is 2. The number of benzene rings is 2. The third-order valence-electron chi connectivity index (χ3n) is 5.47. The molecule has 3 rings (SSSR count). The third kappa shape index (κ3) is 7.49. The molecule has 1 fully saturated rings. The van der Waals surface area contributed by atoms with Crippen molar-refractivity contribution < 1.29 is 19.1 Å². The van der Waals surface area contributed by atoms with E-state index in [1.165, 1.54) is 0 Å². The van der Waals surface area contributed by atoms with Gasteiger partial charge in [0, 0.05) is 30.9 Å². The summed E-state index contributed by atoms with van der Waals surface area (Å²) in [7, 11) is 0. The lowest BCUT2D eigenvalue weighted by Crippen LogP contribution is -2.32. The lowest BCUT2D eigenvalue weighted by molar-refractivity contribution is -0.114. The molecule has 7 nitrogen and oxygen atoms in total. The monoisotopic (exact) mass is 453 g/mol. The highest BCUT2D eigenvalue weighted by atomic mass is 16.5. The Kier molecular flexibility index (Phi) is 9.57. The Morgan fingerprint density at radius 2 is 1.79 bits per heavy atom. The summed E-state index contributed by atoms with van der Waals surface area (Å²) < 4.78 is 11.5. The molecule has 1 heterocycles. The molecule has 0 aliphatic carbocycles. The number of ether oxygens (including phenoxy) is 2. The van der Waals surface area contributed by atoms with Gasteiger partial charge in [0.2, 0.25) is 5.91 Å². The number of hydrogen-bond donors (Lipinski definition) is 2. The summed E-state index contributed by atoms with van der Waals surface area (Å²) in [6.45, 7) is 7.01. The molecule has 1 aliphatic rings. The molecule has 7 heteroatoms. The summed E-state index contributed by atoms with van der Waals surface area (Å²) >= 11 is 0. The Hall–Kier alpha value is -3.06. The molecule has 1 unspecified atom stereocenters. The minimum absolute atomic E-state index is 0.0441. The van der Waals surface area contributed by atoms with E-state index >= 15 is 0 Å². The van der Waals surface area contributed by atoms with Crippen LogP contribution in [-0.2, 0) is 9.53 Å². The maximum Gasteiger partial charge on any atom is 0.253 e. The smallest absolute Gasteiger partial charge is 0.253 e. The van der Waals surface area contributed by atoms with Gasteiger partial charge in [0.15, 0.2) is 0 Å². The third-order valence-corrected chi connectivity index (χ3v) is 5.47. The summed E-state index contributed by atoms with van der Waals surface area (Å²) in [4.78, 5) is 27.1. The van der Waals surface area contributed by atoms with Crippen LogP contribution in [0.2, 0.25) is 0 Å². The highest BCUT2D eigenvalue weighted by molar-refractivity contribution is 5.96. The Labute approximate surface area is 196 Å². The Bertz CT molecular complexity index is 889. The number of nitrogens with one attached hydrogen (secondary N) is 2. The predicted octanol–water partition coefficient (Wildman–Crippen LogP) is 4.56. The Balaban J connectivity index is 1.50. The standard InChI is InChI=1S/C26H35N3O4/c1-3-15-29(16-4-2)26(31)20-11-13-21(14-12-20)27-18-25(30)28-23-9-5-6-10-24(23)33-19-22-8-7-17-32-22/h5-6,9-14,22,27H,3-4,7-8,15-19H2,1-2H3,(H,28,30). The summed E-state index contributed by atoms with van der Waals surface area (Å²) in [6.07, 6.45) is 4.04. The van der Waals surface area contributed by atoms with Gasteiger partial charge in [-0.05, 0) is 62.1 Å². The van der Waals surface area contributed by atoms with Gasteiger partial charge in [0.25, 0.3) is 5.91 Å². The molecule has 178 valence electrons. The Morgan fingerprint density at radius 1 is 1.06 bits per heavy atom. The van der Waals surface area contributed by atoms with Crippen LogP contribution in [0.4, 0.5) is 11.4 Å². The highest BCUT2D eigenvalue weighted by Gasteiger charge is 2.17. The van der Waals surface area contributed by atoms with Gasteiger partial charge in [0.1, 0.15) is 12.4 Å². The van der Waals surface area contributed by atoms with Gasteiger partial charge in [-0.2, -0.15) is 0 Å². The number of carbonyl (C=O) groups excluding carboxylic acids is 2. The van der Waals surface area contributed by atoms with E-state index in [9.17, 15) is 9.59 Å². The molecule has 0 aromatic heterocycles. The second-order valence-electron chi connectivity index (χ2n) is 8.21. The molecule has 0 radical (unpaired) electrons. The van der Waals surface area contributed by atoms with Crippen molar-refractivity contribution >= 4 is 23.2 Å². The van der Waals surface area contributed by atoms with E-state index in [2.05, 4.69) is 24.5 Å². The van der Waals surface area contributed by atoms with Crippen molar-refractivity contribution in [3.05, 3.63) is 54.1 Å². The van der Waals surface area contributed by atoms with Crippen molar-refractivity contribution in [1.29, 1.82) is 0 Å². The van der Waals surface area contributed by atoms with E-state index in [4.69, 9.17) is 9.47 Å². The maximum atomic E-state index is 12.7. The van der Waals surface area contributed by atoms with E-state index in [-0.39, 0.29) is 24.5 Å². The molecule has 1 atom stereocenters.